The van der Waals surface area contributed by atoms with Crippen LogP contribution in [0.3, 0.4) is 0 Å². The summed E-state index contributed by atoms with van der Waals surface area (Å²) >= 11 is 6.10. The zero-order chi connectivity index (χ0) is 21.4. The highest BCUT2D eigenvalue weighted by molar-refractivity contribution is 6.30. The minimum atomic E-state index is -0.715. The third-order valence-electron chi connectivity index (χ3n) is 5.42. The maximum Gasteiger partial charge on any atom is 0.269 e. The van der Waals surface area contributed by atoms with Gasteiger partial charge in [-0.2, -0.15) is 5.26 Å². The van der Waals surface area contributed by atoms with Gasteiger partial charge in [0.2, 0.25) is 5.88 Å². The number of non-ortho nitro benzene ring substituents is 1. The van der Waals surface area contributed by atoms with Crippen LogP contribution < -0.4 is 5.73 Å². The highest BCUT2D eigenvalue weighted by Gasteiger charge is 2.41. The molecule has 8 heteroatoms. The minimum absolute atomic E-state index is 0.0563. The number of Topliss-reactive ketones (excluding diaryl/α,β-unsaturated/α-hetero) is 1. The molecule has 1 aliphatic carbocycles. The molecule has 2 N–H and O–H groups in total. The van der Waals surface area contributed by atoms with Crippen molar-refractivity contribution >= 4 is 23.1 Å². The normalized spacial score (nSPS) is 21.0. The van der Waals surface area contributed by atoms with E-state index in [4.69, 9.17) is 22.1 Å². The second-order valence-electron chi connectivity index (χ2n) is 7.19. The number of carbonyl (C=O) groups is 1. The molecule has 0 saturated heterocycles. The molecule has 7 nitrogen and oxygen atoms in total. The Labute approximate surface area is 177 Å². The van der Waals surface area contributed by atoms with Crippen LogP contribution in [-0.4, -0.2) is 10.7 Å². The lowest BCUT2D eigenvalue weighted by Crippen LogP contribution is -2.29. The number of nitriles is 1. The second kappa shape index (κ2) is 7.65. The molecule has 1 aliphatic heterocycles. The summed E-state index contributed by atoms with van der Waals surface area (Å²) in [6.07, 6.45) is 0.676. The highest BCUT2D eigenvalue weighted by atomic mass is 35.5. The first-order valence-corrected chi connectivity index (χ1v) is 9.60. The van der Waals surface area contributed by atoms with Gasteiger partial charge in [0.25, 0.3) is 5.69 Å². The Balaban J connectivity index is 1.77. The Morgan fingerprint density at radius 2 is 1.90 bits per heavy atom. The summed E-state index contributed by atoms with van der Waals surface area (Å²) in [5.74, 6) is -0.615. The van der Waals surface area contributed by atoms with Gasteiger partial charge in [-0.25, -0.2) is 0 Å². The molecule has 0 spiro atoms. The van der Waals surface area contributed by atoms with Crippen molar-refractivity contribution in [1.29, 1.82) is 5.26 Å². The summed E-state index contributed by atoms with van der Waals surface area (Å²) in [5, 5.41) is 21.2. The van der Waals surface area contributed by atoms with Crippen LogP contribution in [0.1, 0.15) is 35.8 Å². The molecule has 2 aliphatic rings. The van der Waals surface area contributed by atoms with Crippen molar-refractivity contribution < 1.29 is 14.5 Å². The molecule has 2 unspecified atom stereocenters. The number of hydrogen-bond donors (Lipinski definition) is 1. The van der Waals surface area contributed by atoms with Crippen LogP contribution in [-0.2, 0) is 9.53 Å². The van der Waals surface area contributed by atoms with Gasteiger partial charge < -0.3 is 10.5 Å². The lowest BCUT2D eigenvalue weighted by Gasteiger charge is -2.34. The van der Waals surface area contributed by atoms with Gasteiger partial charge in [-0.1, -0.05) is 35.9 Å². The third kappa shape index (κ3) is 3.42. The number of benzene rings is 2. The molecular formula is C22H16ClN3O4. The van der Waals surface area contributed by atoms with E-state index >= 15 is 0 Å². The molecule has 2 atom stereocenters. The number of hydrogen-bond acceptors (Lipinski definition) is 6. The van der Waals surface area contributed by atoms with Crippen molar-refractivity contribution in [2.75, 3.05) is 0 Å². The summed E-state index contributed by atoms with van der Waals surface area (Å²) in [5.41, 5.74) is 7.94. The maximum atomic E-state index is 13.2. The Bertz CT molecular complexity index is 1160. The number of rotatable bonds is 3. The van der Waals surface area contributed by atoms with Crippen molar-refractivity contribution in [1.82, 2.24) is 0 Å². The number of nitro groups is 1. The van der Waals surface area contributed by atoms with Gasteiger partial charge in [-0.05, 0) is 29.2 Å². The van der Waals surface area contributed by atoms with Gasteiger partial charge >= 0.3 is 0 Å². The van der Waals surface area contributed by atoms with Crippen molar-refractivity contribution in [3.8, 4) is 6.07 Å². The summed E-state index contributed by atoms with van der Waals surface area (Å²) in [6, 6.07) is 15.1. The average Bonchev–Trinajstić information content (AvgIpc) is 2.72. The van der Waals surface area contributed by atoms with E-state index in [-0.39, 0.29) is 35.3 Å². The molecule has 0 saturated carbocycles. The quantitative estimate of drug-likeness (QED) is 0.577. The number of nitrogens with two attached hydrogens (primary N) is 1. The van der Waals surface area contributed by atoms with E-state index < -0.39 is 10.8 Å². The van der Waals surface area contributed by atoms with Gasteiger partial charge in [-0.15, -0.1) is 0 Å². The van der Waals surface area contributed by atoms with Crippen LogP contribution in [0.25, 0.3) is 0 Å². The van der Waals surface area contributed by atoms with Crippen LogP contribution in [0.5, 0.6) is 0 Å². The summed E-state index contributed by atoms with van der Waals surface area (Å²) in [4.78, 5) is 23.6. The minimum Gasteiger partial charge on any atom is -0.444 e. The first kappa shape index (κ1) is 19.7. The number of ketones is 1. The van der Waals surface area contributed by atoms with E-state index in [2.05, 4.69) is 0 Å². The van der Waals surface area contributed by atoms with Gasteiger partial charge in [-0.3, -0.25) is 14.9 Å². The Morgan fingerprint density at radius 1 is 1.17 bits per heavy atom. The number of ether oxygens (including phenoxy) is 1. The zero-order valence-electron chi connectivity index (χ0n) is 15.7. The van der Waals surface area contributed by atoms with Crippen molar-refractivity contribution in [3.63, 3.8) is 0 Å². The largest absolute Gasteiger partial charge is 0.444 e. The Morgan fingerprint density at radius 3 is 2.53 bits per heavy atom. The van der Waals surface area contributed by atoms with Crippen LogP contribution in [0, 0.1) is 21.4 Å². The predicted octanol–water partition coefficient (Wildman–Crippen LogP) is 4.46. The lowest BCUT2D eigenvalue weighted by atomic mass is 9.73. The number of carbonyl (C=O) groups excluding carboxylic acids is 1. The fraction of sp³-hybridized carbons (Fsp3) is 0.182. The highest BCUT2D eigenvalue weighted by Crippen LogP contribution is 2.47. The lowest BCUT2D eigenvalue weighted by molar-refractivity contribution is -0.384. The standard InChI is InChI=1S/C22H16ClN3O4/c23-15-3-1-2-13(8-15)14-9-18(27)21-19(10-14)30-22(25)17(11-24)20(21)12-4-6-16(7-5-12)26(28)29/h1-8,14,20H,9-10,25H2. The smallest absolute Gasteiger partial charge is 0.269 e. The van der Waals surface area contributed by atoms with Crippen molar-refractivity contribution in [3.05, 3.63) is 97.6 Å². The zero-order valence-corrected chi connectivity index (χ0v) is 16.4. The van der Waals surface area contributed by atoms with E-state index in [1.807, 2.05) is 24.3 Å². The summed E-state index contributed by atoms with van der Waals surface area (Å²) < 4.78 is 5.71. The topological polar surface area (TPSA) is 119 Å². The van der Waals surface area contributed by atoms with Crippen LogP contribution in [0.4, 0.5) is 5.69 Å². The first-order valence-electron chi connectivity index (χ1n) is 9.22. The molecule has 0 aromatic heterocycles. The van der Waals surface area contributed by atoms with Crippen LogP contribution in [0.2, 0.25) is 5.02 Å². The molecule has 30 heavy (non-hydrogen) atoms. The molecule has 1 heterocycles. The summed E-state index contributed by atoms with van der Waals surface area (Å²) in [6.45, 7) is 0. The number of halogens is 1. The van der Waals surface area contributed by atoms with E-state index in [1.165, 1.54) is 12.1 Å². The molecule has 0 fully saturated rings. The molecule has 150 valence electrons. The fourth-order valence-electron chi connectivity index (χ4n) is 4.03. The molecule has 2 aromatic rings. The predicted molar refractivity (Wildman–Crippen MR) is 109 cm³/mol. The molecule has 2 aromatic carbocycles. The average molecular weight is 422 g/mol. The van der Waals surface area contributed by atoms with E-state index in [1.54, 1.807) is 18.2 Å². The first-order chi connectivity index (χ1) is 14.4. The van der Waals surface area contributed by atoms with E-state index in [9.17, 15) is 20.2 Å². The molecule has 4 rings (SSSR count). The summed E-state index contributed by atoms with van der Waals surface area (Å²) in [7, 11) is 0. The van der Waals surface area contributed by atoms with Crippen LogP contribution >= 0.6 is 11.6 Å². The Kier molecular flexibility index (Phi) is 5.02. The monoisotopic (exact) mass is 421 g/mol. The number of nitrogens with zero attached hydrogens (tertiary/aromatic N) is 2. The van der Waals surface area contributed by atoms with E-state index in [0.717, 1.165) is 5.56 Å². The van der Waals surface area contributed by atoms with Gasteiger partial charge in [0, 0.05) is 35.6 Å². The van der Waals surface area contributed by atoms with Crippen molar-refractivity contribution in [2.45, 2.75) is 24.7 Å². The molecule has 0 amide bonds. The third-order valence-corrected chi connectivity index (χ3v) is 5.65. The molecule has 0 bridgehead atoms. The van der Waals surface area contributed by atoms with Crippen molar-refractivity contribution in [2.24, 2.45) is 5.73 Å². The molecular weight excluding hydrogens is 406 g/mol. The number of nitro benzene ring substituents is 1. The SMILES string of the molecule is N#CC1=C(N)OC2=C(C(=O)CC(c3cccc(Cl)c3)C2)C1c1ccc([N+](=O)[O-])cc1. The van der Waals surface area contributed by atoms with E-state index in [0.29, 0.717) is 28.3 Å². The number of allylic oxidation sites excluding steroid dienone is 3. The van der Waals surface area contributed by atoms with Gasteiger partial charge in [0.15, 0.2) is 5.78 Å². The van der Waals surface area contributed by atoms with Gasteiger partial charge in [0.1, 0.15) is 17.4 Å². The maximum absolute atomic E-state index is 13.2. The van der Waals surface area contributed by atoms with Crippen LogP contribution in [0.15, 0.2) is 71.3 Å². The fourth-order valence-corrected chi connectivity index (χ4v) is 4.22. The second-order valence-corrected chi connectivity index (χ2v) is 7.63. The van der Waals surface area contributed by atoms with Gasteiger partial charge in [0.05, 0.1) is 10.8 Å². The Hall–Kier alpha value is -3.63. The molecule has 0 radical (unpaired) electrons.